The van der Waals surface area contributed by atoms with Crippen LogP contribution in [-0.2, 0) is 0 Å². The molecule has 0 N–H and O–H groups in total. The Morgan fingerprint density at radius 1 is 0.600 bits per heavy atom. The number of carbonyl (C=O) groups is 2. The predicted molar refractivity (Wildman–Crippen MR) is 225 cm³/mol. The second-order valence-corrected chi connectivity index (χ2v) is 15.3. The van der Waals surface area contributed by atoms with Crippen LogP contribution in [0.2, 0.25) is 0 Å². The SMILES string of the molecule is COc1ccnc(O[C@@H]2CC[C@@H](C)N(C(=O)c3ccccc3-n3nccn3)C2)c1Br.COc1ccnc(O[C@@H]2CC[C@@H](C)N(C(=O)c3ccccc3-n3nccn3)C2)c1C. The maximum atomic E-state index is 13.5. The molecule has 2 aliphatic heterocycles. The largest absolute Gasteiger partial charge is 0.496 e. The fraction of sp³-hybridized carbons (Fsp3) is 0.349. The van der Waals surface area contributed by atoms with Crippen LogP contribution in [0, 0.1) is 6.92 Å². The van der Waals surface area contributed by atoms with Crippen LogP contribution in [0.15, 0.2) is 102 Å². The summed E-state index contributed by atoms with van der Waals surface area (Å²) in [5.74, 6) is 2.26. The number of piperidine rings is 2. The van der Waals surface area contributed by atoms with E-state index in [9.17, 15) is 9.59 Å². The Morgan fingerprint density at radius 2 is 1.03 bits per heavy atom. The van der Waals surface area contributed by atoms with Crippen LogP contribution in [0.4, 0.5) is 0 Å². The van der Waals surface area contributed by atoms with Gasteiger partial charge < -0.3 is 28.7 Å². The Balaban J connectivity index is 0.000000181. The fourth-order valence-electron chi connectivity index (χ4n) is 7.36. The number of amides is 2. The molecular weight excluding hydrogens is 832 g/mol. The molecule has 6 aromatic rings. The summed E-state index contributed by atoms with van der Waals surface area (Å²) in [6.07, 6.45) is 12.7. The third kappa shape index (κ3) is 9.25. The van der Waals surface area contributed by atoms with E-state index in [-0.39, 0.29) is 36.1 Å². The molecule has 4 aromatic heterocycles. The van der Waals surface area contributed by atoms with E-state index in [1.54, 1.807) is 69.6 Å². The summed E-state index contributed by atoms with van der Waals surface area (Å²) < 4.78 is 23.7. The van der Waals surface area contributed by atoms with Crippen molar-refractivity contribution in [1.82, 2.24) is 49.8 Å². The number of nitrogens with zero attached hydrogens (tertiary/aromatic N) is 10. The quantitative estimate of drug-likeness (QED) is 0.146. The van der Waals surface area contributed by atoms with E-state index in [4.69, 9.17) is 18.9 Å². The topological polar surface area (TPSA) is 165 Å². The van der Waals surface area contributed by atoms with Crippen molar-refractivity contribution in [3.63, 3.8) is 0 Å². The number of carbonyl (C=O) groups excluding carboxylic acids is 2. The van der Waals surface area contributed by atoms with Gasteiger partial charge in [0.25, 0.3) is 11.8 Å². The summed E-state index contributed by atoms with van der Waals surface area (Å²) in [4.78, 5) is 42.2. The van der Waals surface area contributed by atoms with Crippen molar-refractivity contribution in [1.29, 1.82) is 0 Å². The van der Waals surface area contributed by atoms with Gasteiger partial charge in [-0.1, -0.05) is 24.3 Å². The molecule has 0 unspecified atom stereocenters. The minimum Gasteiger partial charge on any atom is -0.496 e. The molecule has 0 saturated carbocycles. The number of likely N-dealkylation sites (tertiary alicyclic amines) is 2. The average Bonchev–Trinajstić information content (AvgIpc) is 4.03. The highest BCUT2D eigenvalue weighted by Gasteiger charge is 2.34. The molecule has 4 atom stereocenters. The van der Waals surface area contributed by atoms with Gasteiger partial charge in [0.1, 0.15) is 28.2 Å². The lowest BCUT2D eigenvalue weighted by atomic mass is 9.99. The first-order valence-electron chi connectivity index (χ1n) is 19.7. The van der Waals surface area contributed by atoms with E-state index >= 15 is 0 Å². The number of hydrogen-bond donors (Lipinski definition) is 0. The van der Waals surface area contributed by atoms with Gasteiger partial charge in [-0.05, 0) is 98.8 Å². The van der Waals surface area contributed by atoms with Crippen LogP contribution in [0.3, 0.4) is 0 Å². The van der Waals surface area contributed by atoms with E-state index in [0.717, 1.165) is 37.0 Å². The minimum atomic E-state index is -0.170. The molecule has 16 nitrogen and oxygen atoms in total. The molecule has 6 heterocycles. The number of pyridine rings is 2. The Hall–Kier alpha value is -6.36. The smallest absolute Gasteiger partial charge is 0.256 e. The van der Waals surface area contributed by atoms with Crippen molar-refractivity contribution >= 4 is 27.7 Å². The van der Waals surface area contributed by atoms with E-state index in [0.29, 0.717) is 57.6 Å². The molecule has 60 heavy (non-hydrogen) atoms. The van der Waals surface area contributed by atoms with Crippen LogP contribution >= 0.6 is 15.9 Å². The third-order valence-corrected chi connectivity index (χ3v) is 11.4. The summed E-state index contributed by atoms with van der Waals surface area (Å²) in [5.41, 5.74) is 3.29. The molecule has 0 bridgehead atoms. The maximum Gasteiger partial charge on any atom is 0.256 e. The fourth-order valence-corrected chi connectivity index (χ4v) is 7.85. The van der Waals surface area contributed by atoms with Gasteiger partial charge in [-0.2, -0.15) is 30.0 Å². The number of methoxy groups -OCH3 is 2. The van der Waals surface area contributed by atoms with Gasteiger partial charge in [-0.3, -0.25) is 9.59 Å². The van der Waals surface area contributed by atoms with Crippen molar-refractivity contribution in [2.24, 2.45) is 0 Å². The lowest BCUT2D eigenvalue weighted by Crippen LogP contribution is -2.49. The monoisotopic (exact) mass is 878 g/mol. The summed E-state index contributed by atoms with van der Waals surface area (Å²) in [6.45, 7) is 6.99. The number of para-hydroxylation sites is 2. The Morgan fingerprint density at radius 3 is 1.52 bits per heavy atom. The van der Waals surface area contributed by atoms with Gasteiger partial charge in [-0.15, -0.1) is 0 Å². The van der Waals surface area contributed by atoms with Crippen molar-refractivity contribution in [3.05, 3.63) is 119 Å². The average molecular weight is 880 g/mol. The zero-order valence-electron chi connectivity index (χ0n) is 34.1. The van der Waals surface area contributed by atoms with Crippen LogP contribution in [0.1, 0.15) is 65.8 Å². The van der Waals surface area contributed by atoms with Crippen molar-refractivity contribution in [2.45, 2.75) is 70.7 Å². The number of halogens is 1. The second-order valence-electron chi connectivity index (χ2n) is 14.5. The Labute approximate surface area is 356 Å². The number of benzene rings is 2. The number of ether oxygens (including phenoxy) is 4. The van der Waals surface area contributed by atoms with E-state index in [2.05, 4.69) is 60.1 Å². The summed E-state index contributed by atoms with van der Waals surface area (Å²) in [7, 11) is 3.22. The highest BCUT2D eigenvalue weighted by atomic mass is 79.9. The maximum absolute atomic E-state index is 13.5. The second kappa shape index (κ2) is 19.1. The zero-order chi connectivity index (χ0) is 42.2. The molecule has 2 aliphatic rings. The van der Waals surface area contributed by atoms with Gasteiger partial charge >= 0.3 is 0 Å². The molecule has 0 aliphatic carbocycles. The Bertz CT molecular complexity index is 2210. The first-order valence-corrected chi connectivity index (χ1v) is 20.5. The molecule has 2 fully saturated rings. The molecule has 2 amide bonds. The normalized spacial score (nSPS) is 18.8. The van der Waals surface area contributed by atoms with Crippen molar-refractivity contribution in [3.8, 4) is 34.6 Å². The van der Waals surface area contributed by atoms with Crippen molar-refractivity contribution < 1.29 is 28.5 Å². The van der Waals surface area contributed by atoms with Gasteiger partial charge in [0.2, 0.25) is 11.8 Å². The standard InChI is InChI=1S/C22H25N5O3.C21H22BrN5O3/c1-15-8-9-17(30-21-16(2)20(29-3)10-11-23-21)14-26(15)22(28)18-6-4-5-7-19(18)27-24-12-13-25-27;1-14-7-8-15(30-20-19(22)18(29-2)9-10-23-20)13-26(14)21(28)16-5-3-4-6-17(16)27-24-11-12-25-27/h4-7,10-13,15,17H,8-9,14H2,1-3H3;3-6,9-12,14-15H,7-8,13H2,1-2H3/t15-,17-;14-,15-/m11/s1. The van der Waals surface area contributed by atoms with Crippen LogP contribution in [0.25, 0.3) is 11.4 Å². The number of aromatic nitrogens is 8. The molecule has 312 valence electrons. The summed E-state index contributed by atoms with van der Waals surface area (Å²) in [6, 6.07) is 18.5. The molecule has 8 rings (SSSR count). The lowest BCUT2D eigenvalue weighted by molar-refractivity contribution is 0.0367. The minimum absolute atomic E-state index is 0.0565. The summed E-state index contributed by atoms with van der Waals surface area (Å²) >= 11 is 3.48. The van der Waals surface area contributed by atoms with E-state index < -0.39 is 0 Å². The molecule has 2 saturated heterocycles. The van der Waals surface area contributed by atoms with Crippen LogP contribution in [0.5, 0.6) is 23.3 Å². The van der Waals surface area contributed by atoms with E-state index in [1.165, 1.54) is 9.59 Å². The van der Waals surface area contributed by atoms with Gasteiger partial charge in [0.15, 0.2) is 0 Å². The zero-order valence-corrected chi connectivity index (χ0v) is 35.7. The van der Waals surface area contributed by atoms with Gasteiger partial charge in [-0.25, -0.2) is 9.97 Å². The highest BCUT2D eigenvalue weighted by molar-refractivity contribution is 9.10. The highest BCUT2D eigenvalue weighted by Crippen LogP contribution is 2.34. The van der Waals surface area contributed by atoms with E-state index in [1.807, 2.05) is 59.2 Å². The Kier molecular flexibility index (Phi) is 13.3. The van der Waals surface area contributed by atoms with Crippen LogP contribution < -0.4 is 18.9 Å². The molecule has 0 radical (unpaired) electrons. The number of hydrogen-bond acceptors (Lipinski definition) is 12. The lowest BCUT2D eigenvalue weighted by Gasteiger charge is -2.38. The van der Waals surface area contributed by atoms with Gasteiger partial charge in [0, 0.05) is 24.5 Å². The molecule has 2 aromatic carbocycles. The summed E-state index contributed by atoms with van der Waals surface area (Å²) in [5, 5.41) is 16.7. The molecular formula is C43H47BrN10O6. The predicted octanol–water partition coefficient (Wildman–Crippen LogP) is 6.56. The van der Waals surface area contributed by atoms with Crippen LogP contribution in [-0.4, -0.2) is 113 Å². The van der Waals surface area contributed by atoms with Crippen molar-refractivity contribution in [2.75, 3.05) is 27.3 Å². The third-order valence-electron chi connectivity index (χ3n) is 10.7. The molecule has 0 spiro atoms. The molecule has 17 heteroatoms. The van der Waals surface area contributed by atoms with Gasteiger partial charge in [0.05, 0.1) is 80.2 Å². The first-order chi connectivity index (χ1) is 29.2. The number of rotatable bonds is 10. The first kappa shape index (κ1) is 41.8.